The SMILES string of the molecule is CC(=O)c1cn(CC(=O)N2C[C@H](F)C[C@H]2C(=O)CCc2cccc(Cl)c2F)c2ccc(OCc3ccccn3)cc12. The summed E-state index contributed by atoms with van der Waals surface area (Å²) in [6.45, 7) is 1.30. The number of ketones is 2. The highest BCUT2D eigenvalue weighted by atomic mass is 35.5. The predicted octanol–water partition coefficient (Wildman–Crippen LogP) is 5.75. The first-order chi connectivity index (χ1) is 19.7. The van der Waals surface area contributed by atoms with Crippen molar-refractivity contribution in [3.63, 3.8) is 0 Å². The Morgan fingerprint density at radius 3 is 2.71 bits per heavy atom. The first-order valence-corrected chi connectivity index (χ1v) is 13.6. The number of aryl methyl sites for hydroxylation is 1. The minimum atomic E-state index is -1.34. The lowest BCUT2D eigenvalue weighted by Gasteiger charge is -2.24. The Balaban J connectivity index is 1.31. The van der Waals surface area contributed by atoms with Crippen LogP contribution < -0.4 is 4.74 Å². The summed E-state index contributed by atoms with van der Waals surface area (Å²) in [7, 11) is 0. The average molecular weight is 580 g/mol. The second-order valence-electron chi connectivity index (χ2n) is 10.1. The number of Topliss-reactive ketones (excluding diaryl/α,β-unsaturated/α-hetero) is 2. The van der Waals surface area contributed by atoms with Gasteiger partial charge in [-0.15, -0.1) is 0 Å². The van der Waals surface area contributed by atoms with Crippen LogP contribution in [-0.4, -0.2) is 50.7 Å². The van der Waals surface area contributed by atoms with E-state index in [0.29, 0.717) is 22.2 Å². The molecule has 0 aliphatic carbocycles. The molecule has 1 saturated heterocycles. The Morgan fingerprint density at radius 1 is 1.12 bits per heavy atom. The monoisotopic (exact) mass is 579 g/mol. The predicted molar refractivity (Wildman–Crippen MR) is 150 cm³/mol. The first-order valence-electron chi connectivity index (χ1n) is 13.3. The number of pyridine rings is 1. The lowest BCUT2D eigenvalue weighted by Crippen LogP contribution is -2.42. The van der Waals surface area contributed by atoms with Gasteiger partial charge in [0.2, 0.25) is 5.91 Å². The van der Waals surface area contributed by atoms with Crippen molar-refractivity contribution in [1.82, 2.24) is 14.5 Å². The molecule has 212 valence electrons. The van der Waals surface area contributed by atoms with Crippen LogP contribution in [0.25, 0.3) is 10.9 Å². The molecular formula is C31H28ClF2N3O4. The van der Waals surface area contributed by atoms with Crippen LogP contribution >= 0.6 is 11.6 Å². The van der Waals surface area contributed by atoms with Crippen LogP contribution in [0.1, 0.15) is 41.4 Å². The lowest BCUT2D eigenvalue weighted by atomic mass is 10.0. The number of halogens is 3. The Morgan fingerprint density at radius 2 is 1.95 bits per heavy atom. The summed E-state index contributed by atoms with van der Waals surface area (Å²) >= 11 is 5.83. The fourth-order valence-corrected chi connectivity index (χ4v) is 5.38. The van der Waals surface area contributed by atoms with Gasteiger partial charge in [-0.3, -0.25) is 19.4 Å². The number of alkyl halides is 1. The molecular weight excluding hydrogens is 552 g/mol. The zero-order valence-corrected chi connectivity index (χ0v) is 23.1. The van der Waals surface area contributed by atoms with Crippen LogP contribution in [0.5, 0.6) is 5.75 Å². The zero-order valence-electron chi connectivity index (χ0n) is 22.4. The Hall–Kier alpha value is -4.11. The highest BCUT2D eigenvalue weighted by Crippen LogP contribution is 2.29. The Kier molecular flexibility index (Phi) is 8.44. The summed E-state index contributed by atoms with van der Waals surface area (Å²) in [6.07, 6.45) is 1.86. The summed E-state index contributed by atoms with van der Waals surface area (Å²) in [6, 6.07) is 14.4. The third kappa shape index (κ3) is 6.30. The van der Waals surface area contributed by atoms with Crippen molar-refractivity contribution in [3.05, 3.63) is 94.7 Å². The molecule has 10 heteroatoms. The quantitative estimate of drug-likeness (QED) is 0.223. The maximum atomic E-state index is 14.5. The van der Waals surface area contributed by atoms with E-state index in [9.17, 15) is 23.2 Å². The number of ether oxygens (including phenoxy) is 1. The van der Waals surface area contributed by atoms with Crippen molar-refractivity contribution in [2.45, 2.75) is 51.6 Å². The first kappa shape index (κ1) is 28.4. The maximum absolute atomic E-state index is 14.5. The molecule has 7 nitrogen and oxygen atoms in total. The molecule has 2 aromatic carbocycles. The summed E-state index contributed by atoms with van der Waals surface area (Å²) in [4.78, 5) is 44.4. The van der Waals surface area contributed by atoms with E-state index < -0.39 is 23.9 Å². The number of rotatable bonds is 10. The molecule has 41 heavy (non-hydrogen) atoms. The third-order valence-corrected chi connectivity index (χ3v) is 7.56. The molecule has 5 rings (SSSR count). The van der Waals surface area contributed by atoms with Crippen molar-refractivity contribution in [2.24, 2.45) is 0 Å². The minimum Gasteiger partial charge on any atom is -0.487 e. The number of amides is 1. The van der Waals surface area contributed by atoms with E-state index in [1.165, 1.54) is 17.9 Å². The largest absolute Gasteiger partial charge is 0.487 e. The Bertz CT molecular complexity index is 1610. The molecule has 0 N–H and O–H groups in total. The number of aromatic nitrogens is 2. The number of benzene rings is 2. The molecule has 1 aliphatic heterocycles. The third-order valence-electron chi connectivity index (χ3n) is 7.26. The van der Waals surface area contributed by atoms with Crippen LogP contribution in [0.15, 0.2) is 67.0 Å². The van der Waals surface area contributed by atoms with Crippen LogP contribution in [0.4, 0.5) is 8.78 Å². The second-order valence-corrected chi connectivity index (χ2v) is 10.5. The van der Waals surface area contributed by atoms with Crippen molar-refractivity contribution < 1.29 is 27.9 Å². The number of nitrogens with zero attached hydrogens (tertiary/aromatic N) is 3. The fraction of sp³-hybridized carbons (Fsp3) is 0.290. The number of carbonyl (C=O) groups excluding carboxylic acids is 3. The fourth-order valence-electron chi connectivity index (χ4n) is 5.19. The van der Waals surface area contributed by atoms with E-state index >= 15 is 0 Å². The summed E-state index contributed by atoms with van der Waals surface area (Å²) in [5, 5.41) is 0.581. The number of carbonyl (C=O) groups is 3. The standard InChI is InChI=1S/C31H28ClF2N3O4/c1-19(38)25-16-36(27-10-9-23(14-24(25)27)41-18-22-6-2-3-12-35-22)17-30(40)37-15-21(33)13-28(37)29(39)11-8-20-5-4-7-26(32)31(20)34/h2-7,9-10,12,14,16,21,28H,8,11,13,15,17-18H2,1H3/t21-,28+/m1/s1. The molecule has 4 aromatic rings. The second kappa shape index (κ2) is 12.2. The van der Waals surface area contributed by atoms with Crippen molar-refractivity contribution in [1.29, 1.82) is 0 Å². The van der Waals surface area contributed by atoms with Crippen LogP contribution in [-0.2, 0) is 29.2 Å². The molecule has 0 bridgehead atoms. The van der Waals surface area contributed by atoms with Gasteiger partial charge >= 0.3 is 0 Å². The summed E-state index contributed by atoms with van der Waals surface area (Å²) in [5.41, 5.74) is 2.08. The van der Waals surface area contributed by atoms with Gasteiger partial charge in [-0.2, -0.15) is 0 Å². The van der Waals surface area contributed by atoms with Gasteiger partial charge in [0.15, 0.2) is 11.6 Å². The normalized spacial score (nSPS) is 16.7. The van der Waals surface area contributed by atoms with E-state index in [-0.39, 0.29) is 61.1 Å². The van der Waals surface area contributed by atoms with E-state index in [4.69, 9.17) is 16.3 Å². The smallest absolute Gasteiger partial charge is 0.243 e. The van der Waals surface area contributed by atoms with Crippen molar-refractivity contribution in [2.75, 3.05) is 6.54 Å². The number of hydrogen-bond donors (Lipinski definition) is 0. The molecule has 1 fully saturated rings. The van der Waals surface area contributed by atoms with E-state index in [1.54, 1.807) is 47.3 Å². The van der Waals surface area contributed by atoms with Gasteiger partial charge in [0.1, 0.15) is 30.9 Å². The zero-order chi connectivity index (χ0) is 29.1. The number of likely N-dealkylation sites (tertiary alicyclic amines) is 1. The van der Waals surface area contributed by atoms with Crippen molar-refractivity contribution in [3.8, 4) is 5.75 Å². The van der Waals surface area contributed by atoms with Crippen molar-refractivity contribution >= 4 is 40.0 Å². The molecule has 2 aromatic heterocycles. The van der Waals surface area contributed by atoms with E-state index in [0.717, 1.165) is 5.69 Å². The van der Waals surface area contributed by atoms with Gasteiger partial charge in [0.25, 0.3) is 0 Å². The van der Waals surface area contributed by atoms with Gasteiger partial charge in [-0.05, 0) is 55.3 Å². The lowest BCUT2D eigenvalue weighted by molar-refractivity contribution is -0.138. The topological polar surface area (TPSA) is 81.5 Å². The van der Waals surface area contributed by atoms with Gasteiger partial charge in [0.05, 0.1) is 23.3 Å². The Labute approximate surface area is 240 Å². The molecule has 1 aliphatic rings. The molecule has 2 atom stereocenters. The molecule has 0 radical (unpaired) electrons. The van der Waals surface area contributed by atoms with Gasteiger partial charge in [0, 0.05) is 41.7 Å². The van der Waals surface area contributed by atoms with Crippen LogP contribution in [0.2, 0.25) is 5.02 Å². The molecule has 0 saturated carbocycles. The van der Waals surface area contributed by atoms with Gasteiger partial charge in [-0.25, -0.2) is 8.78 Å². The van der Waals surface area contributed by atoms with E-state index in [1.807, 2.05) is 18.2 Å². The highest BCUT2D eigenvalue weighted by molar-refractivity contribution is 6.30. The summed E-state index contributed by atoms with van der Waals surface area (Å²) in [5.74, 6) is -1.02. The van der Waals surface area contributed by atoms with Gasteiger partial charge in [-0.1, -0.05) is 29.8 Å². The highest BCUT2D eigenvalue weighted by Gasteiger charge is 2.39. The van der Waals surface area contributed by atoms with E-state index in [2.05, 4.69) is 4.98 Å². The molecule has 3 heterocycles. The maximum Gasteiger partial charge on any atom is 0.243 e. The number of fused-ring (bicyclic) bond motifs is 1. The molecule has 1 amide bonds. The van der Waals surface area contributed by atoms with Crippen LogP contribution in [0.3, 0.4) is 0 Å². The molecule has 0 spiro atoms. The molecule has 0 unspecified atom stereocenters. The average Bonchev–Trinajstić information content (AvgIpc) is 3.53. The number of hydrogen-bond acceptors (Lipinski definition) is 5. The minimum absolute atomic E-state index is 0.0350. The van der Waals surface area contributed by atoms with Crippen LogP contribution in [0, 0.1) is 5.82 Å². The van der Waals surface area contributed by atoms with Gasteiger partial charge < -0.3 is 14.2 Å². The summed E-state index contributed by atoms with van der Waals surface area (Å²) < 4.78 is 36.2.